The van der Waals surface area contributed by atoms with Crippen molar-refractivity contribution < 1.29 is 0 Å². The molecule has 1 heteroatoms. The van der Waals surface area contributed by atoms with Gasteiger partial charge in [0, 0.05) is 18.6 Å². The summed E-state index contributed by atoms with van der Waals surface area (Å²) in [6, 6.07) is 0. The average Bonchev–Trinajstić information content (AvgIpc) is 1.96. The molecule has 0 aromatic rings. The lowest BCUT2D eigenvalue weighted by Gasteiger charge is -2.51. The standard InChI is InChI=1S/C12H25N/c1-10(11(2,3)4)9-13-8-7-12(13,5)6/h10H,7-9H2,1-6H3. The smallest absolute Gasteiger partial charge is 0.0165 e. The van der Waals surface area contributed by atoms with Gasteiger partial charge in [-0.1, -0.05) is 27.7 Å². The van der Waals surface area contributed by atoms with Crippen molar-refractivity contribution in [3.63, 3.8) is 0 Å². The van der Waals surface area contributed by atoms with Crippen LogP contribution in [0.1, 0.15) is 48.0 Å². The van der Waals surface area contributed by atoms with E-state index in [2.05, 4.69) is 46.4 Å². The van der Waals surface area contributed by atoms with Crippen LogP contribution < -0.4 is 0 Å². The highest BCUT2D eigenvalue weighted by molar-refractivity contribution is 4.93. The number of hydrogen-bond donors (Lipinski definition) is 0. The van der Waals surface area contributed by atoms with Gasteiger partial charge in [0.05, 0.1) is 0 Å². The molecule has 0 aromatic carbocycles. The third-order valence-electron chi connectivity index (χ3n) is 3.82. The summed E-state index contributed by atoms with van der Waals surface area (Å²) in [6.45, 7) is 16.6. The van der Waals surface area contributed by atoms with E-state index in [1.165, 1.54) is 19.5 Å². The monoisotopic (exact) mass is 183 g/mol. The molecule has 0 aromatic heterocycles. The highest BCUT2D eigenvalue weighted by atomic mass is 15.2. The second kappa shape index (κ2) is 3.27. The van der Waals surface area contributed by atoms with E-state index >= 15 is 0 Å². The molecule has 1 atom stereocenters. The predicted molar refractivity (Wildman–Crippen MR) is 58.9 cm³/mol. The molecule has 1 saturated heterocycles. The Balaban J connectivity index is 2.42. The molecule has 0 aliphatic carbocycles. The quantitative estimate of drug-likeness (QED) is 0.635. The lowest BCUT2D eigenvalue weighted by Crippen LogP contribution is -2.57. The minimum absolute atomic E-state index is 0.450. The van der Waals surface area contributed by atoms with Crippen LogP contribution in [-0.2, 0) is 0 Å². The summed E-state index contributed by atoms with van der Waals surface area (Å²) in [7, 11) is 0. The SMILES string of the molecule is CC(CN1CCC1(C)C)C(C)(C)C. The molecule has 0 spiro atoms. The van der Waals surface area contributed by atoms with Crippen LogP contribution in [0.5, 0.6) is 0 Å². The van der Waals surface area contributed by atoms with Gasteiger partial charge in [0.25, 0.3) is 0 Å². The topological polar surface area (TPSA) is 3.24 Å². The largest absolute Gasteiger partial charge is 0.298 e. The molecule has 13 heavy (non-hydrogen) atoms. The van der Waals surface area contributed by atoms with E-state index in [1.54, 1.807) is 0 Å². The molecule has 1 aliphatic rings. The van der Waals surface area contributed by atoms with Gasteiger partial charge in [-0.05, 0) is 31.6 Å². The molecule has 1 rings (SSSR count). The fraction of sp³-hybridized carbons (Fsp3) is 1.00. The zero-order chi connectivity index (χ0) is 10.3. The molecule has 1 aliphatic heterocycles. The van der Waals surface area contributed by atoms with Crippen molar-refractivity contribution in [1.82, 2.24) is 4.90 Å². The van der Waals surface area contributed by atoms with Gasteiger partial charge in [-0.15, -0.1) is 0 Å². The van der Waals surface area contributed by atoms with Crippen molar-refractivity contribution in [2.75, 3.05) is 13.1 Å². The lowest BCUT2D eigenvalue weighted by atomic mass is 9.79. The van der Waals surface area contributed by atoms with E-state index in [4.69, 9.17) is 0 Å². The second-order valence-electron chi connectivity index (χ2n) is 6.28. The summed E-state index contributed by atoms with van der Waals surface area (Å²) in [4.78, 5) is 2.61. The summed E-state index contributed by atoms with van der Waals surface area (Å²) in [6.07, 6.45) is 1.36. The maximum Gasteiger partial charge on any atom is 0.0165 e. The van der Waals surface area contributed by atoms with Crippen molar-refractivity contribution in [3.05, 3.63) is 0 Å². The molecule has 1 heterocycles. The van der Waals surface area contributed by atoms with Crippen LogP contribution in [0.3, 0.4) is 0 Å². The van der Waals surface area contributed by atoms with E-state index in [0.29, 0.717) is 11.0 Å². The molecule has 0 saturated carbocycles. The highest BCUT2D eigenvalue weighted by Gasteiger charge is 2.37. The number of hydrogen-bond acceptors (Lipinski definition) is 1. The van der Waals surface area contributed by atoms with Crippen LogP contribution in [0.2, 0.25) is 0 Å². The Labute approximate surface area is 83.5 Å². The Hall–Kier alpha value is -0.0400. The van der Waals surface area contributed by atoms with Crippen LogP contribution in [0.25, 0.3) is 0 Å². The van der Waals surface area contributed by atoms with Gasteiger partial charge in [-0.2, -0.15) is 0 Å². The van der Waals surface area contributed by atoms with Gasteiger partial charge < -0.3 is 0 Å². The van der Waals surface area contributed by atoms with Gasteiger partial charge in [0.2, 0.25) is 0 Å². The minimum atomic E-state index is 0.450. The Kier molecular flexibility index (Phi) is 2.78. The first-order chi connectivity index (χ1) is 5.73. The highest BCUT2D eigenvalue weighted by Crippen LogP contribution is 2.34. The summed E-state index contributed by atoms with van der Waals surface area (Å²) in [5.74, 6) is 0.784. The van der Waals surface area contributed by atoms with Crippen LogP contribution in [0.15, 0.2) is 0 Å². The van der Waals surface area contributed by atoms with Crippen LogP contribution >= 0.6 is 0 Å². The summed E-state index contributed by atoms with van der Waals surface area (Å²) < 4.78 is 0. The predicted octanol–water partition coefficient (Wildman–Crippen LogP) is 3.15. The Morgan fingerprint density at radius 2 is 1.85 bits per heavy atom. The first-order valence-electron chi connectivity index (χ1n) is 5.48. The third-order valence-corrected chi connectivity index (χ3v) is 3.82. The maximum atomic E-state index is 2.61. The van der Waals surface area contributed by atoms with Gasteiger partial charge in [-0.3, -0.25) is 4.90 Å². The molecule has 0 bridgehead atoms. The van der Waals surface area contributed by atoms with E-state index < -0.39 is 0 Å². The van der Waals surface area contributed by atoms with Crippen molar-refractivity contribution in [3.8, 4) is 0 Å². The number of likely N-dealkylation sites (tertiary alicyclic amines) is 1. The molecular weight excluding hydrogens is 158 g/mol. The molecule has 78 valence electrons. The molecule has 0 amide bonds. The van der Waals surface area contributed by atoms with Crippen LogP contribution in [-0.4, -0.2) is 23.5 Å². The second-order valence-corrected chi connectivity index (χ2v) is 6.28. The molecule has 1 unspecified atom stereocenters. The van der Waals surface area contributed by atoms with Crippen molar-refractivity contribution >= 4 is 0 Å². The van der Waals surface area contributed by atoms with Gasteiger partial charge in [0.1, 0.15) is 0 Å². The van der Waals surface area contributed by atoms with Crippen LogP contribution in [0, 0.1) is 11.3 Å². The Bertz CT molecular complexity index is 166. The first-order valence-corrected chi connectivity index (χ1v) is 5.48. The molecule has 1 fully saturated rings. The summed E-state index contributed by atoms with van der Waals surface area (Å²) in [5.41, 5.74) is 0.922. The van der Waals surface area contributed by atoms with Gasteiger partial charge in [-0.25, -0.2) is 0 Å². The number of rotatable bonds is 2. The molecule has 0 radical (unpaired) electrons. The fourth-order valence-corrected chi connectivity index (χ4v) is 1.66. The minimum Gasteiger partial charge on any atom is -0.298 e. The van der Waals surface area contributed by atoms with E-state index in [9.17, 15) is 0 Å². The van der Waals surface area contributed by atoms with Gasteiger partial charge in [0.15, 0.2) is 0 Å². The first kappa shape index (κ1) is 11.0. The lowest BCUT2D eigenvalue weighted by molar-refractivity contribution is -0.0105. The summed E-state index contributed by atoms with van der Waals surface area (Å²) in [5, 5.41) is 0. The summed E-state index contributed by atoms with van der Waals surface area (Å²) >= 11 is 0. The Morgan fingerprint density at radius 3 is 2.08 bits per heavy atom. The molecule has 0 N–H and O–H groups in total. The molecule has 1 nitrogen and oxygen atoms in total. The maximum absolute atomic E-state index is 2.61. The van der Waals surface area contributed by atoms with Crippen molar-refractivity contribution in [2.24, 2.45) is 11.3 Å². The fourth-order valence-electron chi connectivity index (χ4n) is 1.66. The van der Waals surface area contributed by atoms with Crippen LogP contribution in [0.4, 0.5) is 0 Å². The third kappa shape index (κ3) is 2.46. The zero-order valence-corrected chi connectivity index (χ0v) is 10.1. The van der Waals surface area contributed by atoms with E-state index in [0.717, 1.165) is 5.92 Å². The zero-order valence-electron chi connectivity index (χ0n) is 10.1. The van der Waals surface area contributed by atoms with Gasteiger partial charge >= 0.3 is 0 Å². The normalized spacial score (nSPS) is 25.4. The average molecular weight is 183 g/mol. The van der Waals surface area contributed by atoms with Crippen molar-refractivity contribution in [2.45, 2.75) is 53.5 Å². The molecular formula is C12H25N. The van der Waals surface area contributed by atoms with Crippen molar-refractivity contribution in [1.29, 1.82) is 0 Å². The Morgan fingerprint density at radius 1 is 1.31 bits per heavy atom. The number of nitrogens with zero attached hydrogens (tertiary/aromatic N) is 1. The van der Waals surface area contributed by atoms with E-state index in [-0.39, 0.29) is 0 Å². The van der Waals surface area contributed by atoms with E-state index in [1.807, 2.05) is 0 Å².